The number of aromatic nitrogens is 2. The van der Waals surface area contributed by atoms with Gasteiger partial charge in [-0.15, -0.1) is 0 Å². The van der Waals surface area contributed by atoms with Crippen LogP contribution >= 0.6 is 0 Å². The predicted octanol–water partition coefficient (Wildman–Crippen LogP) is 4.01. The molecule has 1 fully saturated rings. The molecule has 7 heteroatoms. The number of carbonyl (C=O) groups excluding carboxylic acids is 1. The van der Waals surface area contributed by atoms with E-state index in [4.69, 9.17) is 9.15 Å². The summed E-state index contributed by atoms with van der Waals surface area (Å²) in [6, 6.07) is 17.6. The number of hydrogen-bond donors (Lipinski definition) is 1. The number of ether oxygens (including phenoxy) is 1. The number of hydrogen-bond acceptors (Lipinski definition) is 6. The minimum absolute atomic E-state index is 0.154. The molecule has 0 spiro atoms. The van der Waals surface area contributed by atoms with Crippen LogP contribution in [0.1, 0.15) is 27.5 Å². The zero-order chi connectivity index (χ0) is 20.8. The largest absolute Gasteiger partial charge is 0.493 e. The maximum atomic E-state index is 12.7. The van der Waals surface area contributed by atoms with Crippen LogP contribution in [-0.4, -0.2) is 35.6 Å². The van der Waals surface area contributed by atoms with Gasteiger partial charge < -0.3 is 19.4 Å². The van der Waals surface area contributed by atoms with Crippen molar-refractivity contribution < 1.29 is 13.9 Å². The molecule has 1 N–H and O–H groups in total. The Hall–Kier alpha value is -3.87. The van der Waals surface area contributed by atoms with Crippen molar-refractivity contribution >= 4 is 28.7 Å². The Kier molecular flexibility index (Phi) is 4.12. The first-order chi connectivity index (χ1) is 15.2. The van der Waals surface area contributed by atoms with Gasteiger partial charge in [-0.3, -0.25) is 9.78 Å². The van der Waals surface area contributed by atoms with Gasteiger partial charge in [-0.2, -0.15) is 4.98 Å². The van der Waals surface area contributed by atoms with Crippen LogP contribution in [0.2, 0.25) is 0 Å². The molecule has 6 rings (SSSR count). The van der Waals surface area contributed by atoms with E-state index >= 15 is 0 Å². The van der Waals surface area contributed by atoms with E-state index in [0.717, 1.165) is 42.0 Å². The highest BCUT2D eigenvalue weighted by Crippen LogP contribution is 2.33. The number of amides is 1. The fourth-order valence-corrected chi connectivity index (χ4v) is 4.10. The van der Waals surface area contributed by atoms with Crippen molar-refractivity contribution in [3.8, 4) is 5.75 Å². The number of anilines is 2. The van der Waals surface area contributed by atoms with Crippen LogP contribution in [-0.2, 0) is 6.42 Å². The molecule has 7 nitrogen and oxygen atoms in total. The molecule has 0 saturated carbocycles. The normalized spacial score (nSPS) is 15.4. The van der Waals surface area contributed by atoms with Gasteiger partial charge in [-0.25, -0.2) is 0 Å². The zero-order valence-corrected chi connectivity index (χ0v) is 16.7. The summed E-state index contributed by atoms with van der Waals surface area (Å²) < 4.78 is 11.4. The molecule has 2 aliphatic rings. The molecule has 2 aromatic carbocycles. The third-order valence-electron chi connectivity index (χ3n) is 5.84. The second kappa shape index (κ2) is 7.12. The standard InChI is InChI=1S/C24H20N4O3/c29-23(16-4-6-21-15(11-16)8-10-30-21)26-18-5-7-22-20(12-18)27-24(31-22)28-13-17(14-28)19-3-1-2-9-25-19/h1-7,9,11-12,17H,8,10,13-14H2,(H,26,29). The fraction of sp³-hybridized carbons (Fsp3) is 0.208. The number of oxazole rings is 1. The molecule has 4 aromatic rings. The molecule has 2 aliphatic heterocycles. The van der Waals surface area contributed by atoms with Gasteiger partial charge in [0.05, 0.1) is 6.61 Å². The summed E-state index contributed by atoms with van der Waals surface area (Å²) in [5.41, 5.74) is 4.89. The predicted molar refractivity (Wildman–Crippen MR) is 117 cm³/mol. The molecule has 31 heavy (non-hydrogen) atoms. The Morgan fingerprint density at radius 3 is 2.90 bits per heavy atom. The van der Waals surface area contributed by atoms with E-state index in [-0.39, 0.29) is 5.91 Å². The number of benzene rings is 2. The van der Waals surface area contributed by atoms with Crippen LogP contribution in [0.3, 0.4) is 0 Å². The van der Waals surface area contributed by atoms with E-state index in [1.54, 1.807) is 6.07 Å². The lowest BCUT2D eigenvalue weighted by Crippen LogP contribution is -2.45. The topological polar surface area (TPSA) is 80.5 Å². The van der Waals surface area contributed by atoms with E-state index < -0.39 is 0 Å². The van der Waals surface area contributed by atoms with Crippen LogP contribution in [0.15, 0.2) is 65.2 Å². The summed E-state index contributed by atoms with van der Waals surface area (Å²) in [7, 11) is 0. The van der Waals surface area contributed by atoms with E-state index in [1.807, 2.05) is 48.7 Å². The first-order valence-electron chi connectivity index (χ1n) is 10.4. The minimum atomic E-state index is -0.154. The summed E-state index contributed by atoms with van der Waals surface area (Å²) in [6.45, 7) is 2.33. The van der Waals surface area contributed by atoms with Crippen LogP contribution in [0.4, 0.5) is 11.7 Å². The first kappa shape index (κ1) is 17.9. The zero-order valence-electron chi connectivity index (χ0n) is 16.7. The first-order valence-corrected chi connectivity index (χ1v) is 10.4. The summed E-state index contributed by atoms with van der Waals surface area (Å²) in [6.07, 6.45) is 2.66. The number of rotatable bonds is 4. The Labute approximate surface area is 178 Å². The highest BCUT2D eigenvalue weighted by atomic mass is 16.5. The molecule has 0 aliphatic carbocycles. The summed E-state index contributed by atoms with van der Waals surface area (Å²) in [4.78, 5) is 23.8. The molecule has 0 atom stereocenters. The molecule has 4 heterocycles. The second-order valence-corrected chi connectivity index (χ2v) is 7.91. The Morgan fingerprint density at radius 1 is 1.10 bits per heavy atom. The fourth-order valence-electron chi connectivity index (χ4n) is 4.10. The SMILES string of the molecule is O=C(Nc1ccc2oc(N3CC(c4ccccn4)C3)nc2c1)c1ccc2c(c1)CCO2. The van der Waals surface area contributed by atoms with E-state index in [9.17, 15) is 4.79 Å². The molecule has 2 aromatic heterocycles. The van der Waals surface area contributed by atoms with Crippen molar-refractivity contribution in [3.05, 3.63) is 77.6 Å². The molecular formula is C24H20N4O3. The number of nitrogens with one attached hydrogen (secondary N) is 1. The van der Waals surface area contributed by atoms with Gasteiger partial charge >= 0.3 is 0 Å². The Balaban J connectivity index is 1.16. The Bertz CT molecular complexity index is 1280. The van der Waals surface area contributed by atoms with Crippen molar-refractivity contribution in [1.82, 2.24) is 9.97 Å². The molecule has 1 amide bonds. The third kappa shape index (κ3) is 3.28. The van der Waals surface area contributed by atoms with E-state index in [0.29, 0.717) is 35.4 Å². The monoisotopic (exact) mass is 412 g/mol. The van der Waals surface area contributed by atoms with Crippen LogP contribution in [0, 0.1) is 0 Å². The molecule has 0 unspecified atom stereocenters. The minimum Gasteiger partial charge on any atom is -0.493 e. The highest BCUT2D eigenvalue weighted by Gasteiger charge is 2.32. The van der Waals surface area contributed by atoms with E-state index in [2.05, 4.69) is 26.3 Å². The van der Waals surface area contributed by atoms with Crippen molar-refractivity contribution in [3.63, 3.8) is 0 Å². The smallest absolute Gasteiger partial charge is 0.298 e. The van der Waals surface area contributed by atoms with Gasteiger partial charge in [0, 0.05) is 48.6 Å². The number of pyridine rings is 1. The molecule has 154 valence electrons. The van der Waals surface area contributed by atoms with E-state index in [1.165, 1.54) is 0 Å². The summed E-state index contributed by atoms with van der Waals surface area (Å²) >= 11 is 0. The molecule has 0 bridgehead atoms. The average molecular weight is 412 g/mol. The molecule has 0 radical (unpaired) electrons. The van der Waals surface area contributed by atoms with Gasteiger partial charge in [0.2, 0.25) is 0 Å². The lowest BCUT2D eigenvalue weighted by atomic mass is 9.96. The Morgan fingerprint density at radius 2 is 2.03 bits per heavy atom. The lowest BCUT2D eigenvalue weighted by molar-refractivity contribution is 0.102. The number of carbonyl (C=O) groups is 1. The lowest BCUT2D eigenvalue weighted by Gasteiger charge is -2.37. The van der Waals surface area contributed by atoms with Crippen molar-refractivity contribution in [2.45, 2.75) is 12.3 Å². The van der Waals surface area contributed by atoms with Crippen molar-refractivity contribution in [2.75, 3.05) is 29.9 Å². The van der Waals surface area contributed by atoms with Crippen molar-refractivity contribution in [1.29, 1.82) is 0 Å². The van der Waals surface area contributed by atoms with Gasteiger partial charge in [0.25, 0.3) is 11.9 Å². The van der Waals surface area contributed by atoms with Crippen molar-refractivity contribution in [2.24, 2.45) is 0 Å². The van der Waals surface area contributed by atoms with Gasteiger partial charge in [-0.1, -0.05) is 6.07 Å². The number of fused-ring (bicyclic) bond motifs is 2. The second-order valence-electron chi connectivity index (χ2n) is 7.91. The summed E-state index contributed by atoms with van der Waals surface area (Å²) in [5.74, 6) is 1.10. The number of nitrogens with zero attached hydrogens (tertiary/aromatic N) is 3. The quantitative estimate of drug-likeness (QED) is 0.545. The van der Waals surface area contributed by atoms with Gasteiger partial charge in [-0.05, 0) is 54.1 Å². The van der Waals surface area contributed by atoms with Crippen LogP contribution in [0.5, 0.6) is 5.75 Å². The maximum Gasteiger partial charge on any atom is 0.298 e. The molecular weight excluding hydrogens is 392 g/mol. The van der Waals surface area contributed by atoms with Gasteiger partial charge in [0.15, 0.2) is 5.58 Å². The molecule has 1 saturated heterocycles. The summed E-state index contributed by atoms with van der Waals surface area (Å²) in [5, 5.41) is 2.95. The maximum absolute atomic E-state index is 12.7. The highest BCUT2D eigenvalue weighted by molar-refractivity contribution is 6.05. The van der Waals surface area contributed by atoms with Crippen LogP contribution < -0.4 is 15.0 Å². The van der Waals surface area contributed by atoms with Gasteiger partial charge in [0.1, 0.15) is 11.3 Å². The van der Waals surface area contributed by atoms with Crippen LogP contribution in [0.25, 0.3) is 11.1 Å². The average Bonchev–Trinajstić information content (AvgIpc) is 3.39. The third-order valence-corrected chi connectivity index (χ3v) is 5.84.